The lowest BCUT2D eigenvalue weighted by Crippen LogP contribution is -1.99. The van der Waals surface area contributed by atoms with Crippen LogP contribution in [0, 0.1) is 11.8 Å². The third kappa shape index (κ3) is 2.80. The summed E-state index contributed by atoms with van der Waals surface area (Å²) in [5.74, 6) is 4.84. The molecule has 1 rings (SSSR count). The Hall–Kier alpha value is -2.48. The molecule has 0 atom stereocenters. The van der Waals surface area contributed by atoms with E-state index in [4.69, 9.17) is 9.47 Å². The summed E-state index contributed by atoms with van der Waals surface area (Å²) >= 11 is 0. The molecule has 0 aliphatic heterocycles. The zero-order valence-corrected chi connectivity index (χ0v) is 10.3. The first-order valence-electron chi connectivity index (χ1n) is 4.98. The van der Waals surface area contributed by atoms with Crippen molar-refractivity contribution in [3.05, 3.63) is 23.3 Å². The molecule has 0 aromatic heterocycles. The summed E-state index contributed by atoms with van der Waals surface area (Å²) in [7, 11) is 4.10. The maximum atomic E-state index is 11.1. The van der Waals surface area contributed by atoms with Gasteiger partial charge in [-0.25, -0.2) is 4.79 Å². The van der Waals surface area contributed by atoms with Crippen molar-refractivity contribution in [3.63, 3.8) is 0 Å². The first-order valence-corrected chi connectivity index (χ1v) is 4.98. The van der Waals surface area contributed by atoms with Gasteiger partial charge in [-0.15, -0.1) is 0 Å². The molecule has 0 heterocycles. The van der Waals surface area contributed by atoms with Crippen molar-refractivity contribution in [2.45, 2.75) is 0 Å². The third-order valence-electron chi connectivity index (χ3n) is 2.20. The smallest absolute Gasteiger partial charge is 0.384 e. The van der Waals surface area contributed by atoms with Gasteiger partial charge in [-0.3, -0.25) is 4.79 Å². The highest BCUT2D eigenvalue weighted by Gasteiger charge is 2.12. The fourth-order valence-electron chi connectivity index (χ4n) is 1.34. The Bertz CT molecular complexity index is 522. The highest BCUT2D eigenvalue weighted by molar-refractivity contribution is 5.91. The minimum atomic E-state index is -0.697. The van der Waals surface area contributed by atoms with Crippen LogP contribution in [0.5, 0.6) is 11.5 Å². The second-order valence-corrected chi connectivity index (χ2v) is 3.12. The van der Waals surface area contributed by atoms with E-state index in [9.17, 15) is 9.59 Å². The Labute approximate surface area is 105 Å². The normalized spacial score (nSPS) is 8.83. The van der Waals surface area contributed by atoms with E-state index in [0.717, 1.165) is 0 Å². The molecule has 0 unspecified atom stereocenters. The van der Waals surface area contributed by atoms with Crippen molar-refractivity contribution in [2.75, 3.05) is 21.3 Å². The molecule has 5 nitrogen and oxygen atoms in total. The van der Waals surface area contributed by atoms with Gasteiger partial charge >= 0.3 is 5.97 Å². The number of aldehydes is 1. The number of carbonyl (C=O) groups is 2. The Balaban J connectivity index is 3.40. The van der Waals surface area contributed by atoms with Gasteiger partial charge < -0.3 is 14.2 Å². The lowest BCUT2D eigenvalue weighted by Gasteiger charge is -2.09. The molecule has 94 valence electrons. The highest BCUT2D eigenvalue weighted by atomic mass is 16.5. The molecule has 0 fully saturated rings. The molecule has 0 aliphatic rings. The molecule has 0 saturated heterocycles. The summed E-state index contributed by atoms with van der Waals surface area (Å²) in [5, 5.41) is 0. The second kappa shape index (κ2) is 6.30. The standard InChI is InChI=1S/C13H12O5/c1-16-11-5-6-12(17-2)10(8-14)9(11)4-7-13(15)18-3/h5-6,8H,1-3H3. The zero-order valence-electron chi connectivity index (χ0n) is 10.3. The van der Waals surface area contributed by atoms with Crippen LogP contribution in [0.4, 0.5) is 0 Å². The van der Waals surface area contributed by atoms with E-state index in [1.54, 1.807) is 12.1 Å². The minimum absolute atomic E-state index is 0.230. The van der Waals surface area contributed by atoms with Gasteiger partial charge in [-0.2, -0.15) is 0 Å². The van der Waals surface area contributed by atoms with Gasteiger partial charge in [-0.05, 0) is 12.1 Å². The Morgan fingerprint density at radius 3 is 2.28 bits per heavy atom. The fraction of sp³-hybridized carbons (Fsp3) is 0.231. The summed E-state index contributed by atoms with van der Waals surface area (Å²) in [6, 6.07) is 3.19. The Kier molecular flexibility index (Phi) is 4.76. The molecular formula is C13H12O5. The quantitative estimate of drug-likeness (QED) is 0.454. The maximum absolute atomic E-state index is 11.1. The topological polar surface area (TPSA) is 61.8 Å². The zero-order chi connectivity index (χ0) is 13.5. The SMILES string of the molecule is COC(=O)C#Cc1c(OC)ccc(OC)c1C=O. The van der Waals surface area contributed by atoms with Crippen molar-refractivity contribution in [2.24, 2.45) is 0 Å². The molecule has 0 N–H and O–H groups in total. The van der Waals surface area contributed by atoms with Crippen molar-refractivity contribution in [3.8, 4) is 23.3 Å². The van der Waals surface area contributed by atoms with E-state index in [2.05, 4.69) is 16.6 Å². The molecule has 0 bridgehead atoms. The first-order chi connectivity index (χ1) is 8.67. The Morgan fingerprint density at radius 2 is 1.78 bits per heavy atom. The molecule has 0 spiro atoms. The summed E-state index contributed by atoms with van der Waals surface area (Å²) < 4.78 is 14.5. The average molecular weight is 248 g/mol. The van der Waals surface area contributed by atoms with Gasteiger partial charge in [0, 0.05) is 5.92 Å². The number of benzene rings is 1. The number of methoxy groups -OCH3 is 3. The number of rotatable bonds is 3. The number of hydrogen-bond donors (Lipinski definition) is 0. The lowest BCUT2D eigenvalue weighted by atomic mass is 10.1. The van der Waals surface area contributed by atoms with E-state index in [0.29, 0.717) is 17.8 Å². The van der Waals surface area contributed by atoms with Crippen LogP contribution in [0.3, 0.4) is 0 Å². The Morgan fingerprint density at radius 1 is 1.17 bits per heavy atom. The summed E-state index contributed by atoms with van der Waals surface area (Å²) in [6.07, 6.45) is 0.600. The van der Waals surface area contributed by atoms with Crippen LogP contribution in [0.1, 0.15) is 15.9 Å². The molecule has 0 amide bonds. The maximum Gasteiger partial charge on any atom is 0.384 e. The average Bonchev–Trinajstić information content (AvgIpc) is 2.43. The van der Waals surface area contributed by atoms with E-state index < -0.39 is 5.97 Å². The van der Waals surface area contributed by atoms with E-state index in [1.165, 1.54) is 21.3 Å². The number of ether oxygens (including phenoxy) is 3. The van der Waals surface area contributed by atoms with Crippen LogP contribution >= 0.6 is 0 Å². The fourth-order valence-corrected chi connectivity index (χ4v) is 1.34. The summed E-state index contributed by atoms with van der Waals surface area (Å²) in [6.45, 7) is 0. The van der Waals surface area contributed by atoms with E-state index in [-0.39, 0.29) is 11.1 Å². The number of esters is 1. The van der Waals surface area contributed by atoms with E-state index >= 15 is 0 Å². The molecule has 0 radical (unpaired) electrons. The van der Waals surface area contributed by atoms with Crippen molar-refractivity contribution < 1.29 is 23.8 Å². The van der Waals surface area contributed by atoms with Crippen molar-refractivity contribution in [1.29, 1.82) is 0 Å². The predicted octanol–water partition coefficient (Wildman–Crippen LogP) is 1.04. The van der Waals surface area contributed by atoms with Gasteiger partial charge in [0.2, 0.25) is 0 Å². The first kappa shape index (κ1) is 13.6. The van der Waals surface area contributed by atoms with Crippen LogP contribution in [0.25, 0.3) is 0 Å². The molecule has 1 aromatic carbocycles. The summed E-state index contributed by atoms with van der Waals surface area (Å²) in [5.41, 5.74) is 0.519. The lowest BCUT2D eigenvalue weighted by molar-refractivity contribution is -0.133. The predicted molar refractivity (Wildman–Crippen MR) is 63.8 cm³/mol. The third-order valence-corrected chi connectivity index (χ3v) is 2.20. The van der Waals surface area contributed by atoms with Gasteiger partial charge in [0.25, 0.3) is 0 Å². The van der Waals surface area contributed by atoms with Crippen LogP contribution in [0.15, 0.2) is 12.1 Å². The molecule has 5 heteroatoms. The van der Waals surface area contributed by atoms with Crippen LogP contribution in [-0.4, -0.2) is 33.6 Å². The minimum Gasteiger partial charge on any atom is -0.496 e. The van der Waals surface area contributed by atoms with Crippen LogP contribution in [0.2, 0.25) is 0 Å². The van der Waals surface area contributed by atoms with Gasteiger partial charge in [0.1, 0.15) is 11.5 Å². The largest absolute Gasteiger partial charge is 0.496 e. The van der Waals surface area contributed by atoms with Crippen LogP contribution in [-0.2, 0) is 9.53 Å². The molecular weight excluding hydrogens is 236 g/mol. The molecule has 0 saturated carbocycles. The monoisotopic (exact) mass is 248 g/mol. The molecule has 1 aromatic rings. The van der Waals surface area contributed by atoms with Gasteiger partial charge in [-0.1, -0.05) is 5.92 Å². The number of hydrogen-bond acceptors (Lipinski definition) is 5. The van der Waals surface area contributed by atoms with E-state index in [1.807, 2.05) is 0 Å². The van der Waals surface area contributed by atoms with Crippen LogP contribution < -0.4 is 9.47 Å². The van der Waals surface area contributed by atoms with Gasteiger partial charge in [0.05, 0.1) is 32.5 Å². The molecule has 18 heavy (non-hydrogen) atoms. The number of carbonyl (C=O) groups excluding carboxylic acids is 2. The second-order valence-electron chi connectivity index (χ2n) is 3.12. The summed E-state index contributed by atoms with van der Waals surface area (Å²) in [4.78, 5) is 22.1. The van der Waals surface area contributed by atoms with Crippen molar-refractivity contribution in [1.82, 2.24) is 0 Å². The van der Waals surface area contributed by atoms with Crippen molar-refractivity contribution >= 4 is 12.3 Å². The van der Waals surface area contributed by atoms with Gasteiger partial charge in [0.15, 0.2) is 6.29 Å². The highest BCUT2D eigenvalue weighted by Crippen LogP contribution is 2.28. The molecule has 0 aliphatic carbocycles.